The highest BCUT2D eigenvalue weighted by Gasteiger charge is 2.40. The molecule has 0 saturated heterocycles. The first-order valence-corrected chi connectivity index (χ1v) is 9.76. The quantitative estimate of drug-likeness (QED) is 0.741. The lowest BCUT2D eigenvalue weighted by atomic mass is 10.2. The van der Waals surface area contributed by atoms with E-state index in [9.17, 15) is 13.2 Å². The Bertz CT molecular complexity index is 819. The van der Waals surface area contributed by atoms with Crippen molar-refractivity contribution < 1.29 is 13.2 Å². The molecule has 1 heterocycles. The third-order valence-corrected chi connectivity index (χ3v) is 6.65. The van der Waals surface area contributed by atoms with Gasteiger partial charge in [0.25, 0.3) is 15.9 Å². The topological polar surface area (TPSA) is 54.5 Å². The predicted octanol–water partition coefficient (Wildman–Crippen LogP) is 3.39. The maximum absolute atomic E-state index is 12.4. The van der Waals surface area contributed by atoms with Gasteiger partial charge >= 0.3 is 0 Å². The van der Waals surface area contributed by atoms with Crippen LogP contribution in [0.15, 0.2) is 62.8 Å². The second-order valence-electron chi connectivity index (χ2n) is 4.68. The van der Waals surface area contributed by atoms with Gasteiger partial charge in [-0.15, -0.1) is 11.8 Å². The maximum atomic E-state index is 12.4. The van der Waals surface area contributed by atoms with E-state index in [1.54, 1.807) is 18.2 Å². The molecule has 2 aromatic rings. The molecule has 0 saturated carbocycles. The van der Waals surface area contributed by atoms with E-state index in [-0.39, 0.29) is 17.0 Å². The van der Waals surface area contributed by atoms with Crippen molar-refractivity contribution in [1.82, 2.24) is 4.31 Å². The normalized spacial score (nSPS) is 15.9. The lowest BCUT2D eigenvalue weighted by Crippen LogP contribution is -2.32. The highest BCUT2D eigenvalue weighted by molar-refractivity contribution is 9.10. The van der Waals surface area contributed by atoms with Gasteiger partial charge in [-0.2, -0.15) is 0 Å². The molecule has 3 rings (SSSR count). The molecule has 1 amide bonds. The van der Waals surface area contributed by atoms with Crippen LogP contribution in [0.5, 0.6) is 0 Å². The van der Waals surface area contributed by atoms with Gasteiger partial charge in [-0.1, -0.05) is 28.1 Å². The van der Waals surface area contributed by atoms with Gasteiger partial charge < -0.3 is 0 Å². The van der Waals surface area contributed by atoms with Crippen LogP contribution in [0.1, 0.15) is 10.4 Å². The minimum Gasteiger partial charge on any atom is -0.268 e. The Hall–Kier alpha value is -1.31. The summed E-state index contributed by atoms with van der Waals surface area (Å²) in [5.41, 5.74) is 0.260. The number of hydrogen-bond donors (Lipinski definition) is 0. The number of carbonyl (C=O) groups is 1. The lowest BCUT2D eigenvalue weighted by Gasteiger charge is -2.14. The average Bonchev–Trinajstić information content (AvgIpc) is 2.70. The fourth-order valence-corrected chi connectivity index (χ4v) is 5.02. The SMILES string of the molecule is O=C1c2ccccc2S(=O)(=O)N1CCSc1ccc(Br)cc1. The third kappa shape index (κ3) is 2.80. The van der Waals surface area contributed by atoms with Crippen LogP contribution in [0.4, 0.5) is 0 Å². The number of carbonyl (C=O) groups excluding carboxylic acids is 1. The van der Waals surface area contributed by atoms with E-state index in [0.717, 1.165) is 13.7 Å². The van der Waals surface area contributed by atoms with Gasteiger partial charge in [0.05, 0.1) is 5.56 Å². The number of nitrogens with zero attached hydrogens (tertiary/aromatic N) is 1. The molecule has 22 heavy (non-hydrogen) atoms. The largest absolute Gasteiger partial charge is 0.269 e. The molecular formula is C15H12BrNO3S2. The van der Waals surface area contributed by atoms with E-state index in [0.29, 0.717) is 5.75 Å². The van der Waals surface area contributed by atoms with E-state index >= 15 is 0 Å². The predicted molar refractivity (Wildman–Crippen MR) is 89.5 cm³/mol. The summed E-state index contributed by atoms with van der Waals surface area (Å²) in [6.07, 6.45) is 0. The summed E-state index contributed by atoms with van der Waals surface area (Å²) in [6.45, 7) is 0.163. The Morgan fingerprint density at radius 3 is 2.41 bits per heavy atom. The molecule has 0 atom stereocenters. The number of benzene rings is 2. The Balaban J connectivity index is 1.71. The number of amides is 1. The summed E-state index contributed by atoms with van der Waals surface area (Å²) < 4.78 is 26.7. The van der Waals surface area contributed by atoms with Crippen molar-refractivity contribution in [2.24, 2.45) is 0 Å². The number of fused-ring (bicyclic) bond motifs is 1. The molecule has 4 nitrogen and oxygen atoms in total. The molecular weight excluding hydrogens is 386 g/mol. The van der Waals surface area contributed by atoms with Crippen LogP contribution in [-0.2, 0) is 10.0 Å². The van der Waals surface area contributed by atoms with E-state index in [4.69, 9.17) is 0 Å². The summed E-state index contributed by atoms with van der Waals surface area (Å²) in [7, 11) is -3.69. The highest BCUT2D eigenvalue weighted by atomic mass is 79.9. The number of halogens is 1. The van der Waals surface area contributed by atoms with Crippen LogP contribution in [0.2, 0.25) is 0 Å². The molecule has 1 aliphatic rings. The second kappa shape index (κ2) is 6.06. The lowest BCUT2D eigenvalue weighted by molar-refractivity contribution is 0.0876. The van der Waals surface area contributed by atoms with Crippen LogP contribution >= 0.6 is 27.7 Å². The molecule has 0 unspecified atom stereocenters. The fraction of sp³-hybridized carbons (Fsp3) is 0.133. The molecule has 0 spiro atoms. The summed E-state index contributed by atoms with van der Waals surface area (Å²) in [6, 6.07) is 14.1. The standard InChI is InChI=1S/C15H12BrNO3S2/c16-11-5-7-12(8-6-11)21-10-9-17-15(18)13-3-1-2-4-14(13)22(17,19)20/h1-8H,9-10H2. The van der Waals surface area contributed by atoms with Crippen LogP contribution in [-0.4, -0.2) is 30.9 Å². The first-order chi connectivity index (χ1) is 10.5. The molecule has 0 aromatic heterocycles. The number of hydrogen-bond acceptors (Lipinski definition) is 4. The maximum Gasteiger partial charge on any atom is 0.269 e. The molecule has 0 bridgehead atoms. The van der Waals surface area contributed by atoms with Crippen molar-refractivity contribution in [2.45, 2.75) is 9.79 Å². The molecule has 0 radical (unpaired) electrons. The molecule has 7 heteroatoms. The molecule has 114 valence electrons. The summed E-state index contributed by atoms with van der Waals surface area (Å²) in [5.74, 6) is 0.0765. The van der Waals surface area contributed by atoms with Gasteiger partial charge in [-0.25, -0.2) is 12.7 Å². The van der Waals surface area contributed by atoms with Crippen molar-refractivity contribution in [3.05, 3.63) is 58.6 Å². The molecule has 2 aromatic carbocycles. The van der Waals surface area contributed by atoms with Gasteiger partial charge in [0.15, 0.2) is 0 Å². The molecule has 1 aliphatic heterocycles. The smallest absolute Gasteiger partial charge is 0.268 e. The molecule has 0 fully saturated rings. The summed E-state index contributed by atoms with van der Waals surface area (Å²) >= 11 is 4.88. The van der Waals surface area contributed by atoms with Crippen molar-refractivity contribution in [3.63, 3.8) is 0 Å². The van der Waals surface area contributed by atoms with Crippen LogP contribution in [0, 0.1) is 0 Å². The summed E-state index contributed by atoms with van der Waals surface area (Å²) in [4.78, 5) is 13.4. The zero-order chi connectivity index (χ0) is 15.7. The first-order valence-electron chi connectivity index (χ1n) is 6.54. The Labute approximate surface area is 141 Å². The number of sulfonamides is 1. The average molecular weight is 398 g/mol. The van der Waals surface area contributed by atoms with Crippen molar-refractivity contribution >= 4 is 43.6 Å². The molecule has 0 N–H and O–H groups in total. The van der Waals surface area contributed by atoms with Gasteiger partial charge in [-0.3, -0.25) is 4.79 Å². The fourth-order valence-electron chi connectivity index (χ4n) is 2.23. The van der Waals surface area contributed by atoms with E-state index < -0.39 is 15.9 Å². The van der Waals surface area contributed by atoms with E-state index in [1.165, 1.54) is 17.8 Å². The summed E-state index contributed by atoms with van der Waals surface area (Å²) in [5, 5.41) is 0. The zero-order valence-corrected chi connectivity index (χ0v) is 14.6. The second-order valence-corrected chi connectivity index (χ2v) is 8.60. The first kappa shape index (κ1) is 15.6. The zero-order valence-electron chi connectivity index (χ0n) is 11.4. The van der Waals surface area contributed by atoms with Gasteiger partial charge in [0.1, 0.15) is 4.90 Å². The van der Waals surface area contributed by atoms with Gasteiger partial charge in [0, 0.05) is 21.7 Å². The van der Waals surface area contributed by atoms with Crippen LogP contribution < -0.4 is 0 Å². The Kier molecular flexibility index (Phi) is 4.29. The van der Waals surface area contributed by atoms with Crippen molar-refractivity contribution in [1.29, 1.82) is 0 Å². The number of thioether (sulfide) groups is 1. The van der Waals surface area contributed by atoms with Crippen molar-refractivity contribution in [2.75, 3.05) is 12.3 Å². The van der Waals surface area contributed by atoms with E-state index in [2.05, 4.69) is 15.9 Å². The van der Waals surface area contributed by atoms with Crippen LogP contribution in [0.3, 0.4) is 0 Å². The van der Waals surface area contributed by atoms with Gasteiger partial charge in [0.2, 0.25) is 0 Å². The van der Waals surface area contributed by atoms with Crippen molar-refractivity contribution in [3.8, 4) is 0 Å². The number of rotatable bonds is 4. The van der Waals surface area contributed by atoms with Crippen LogP contribution in [0.25, 0.3) is 0 Å². The highest BCUT2D eigenvalue weighted by Crippen LogP contribution is 2.30. The monoisotopic (exact) mass is 397 g/mol. The minimum atomic E-state index is -3.69. The molecule has 0 aliphatic carbocycles. The van der Waals surface area contributed by atoms with E-state index in [1.807, 2.05) is 24.3 Å². The Morgan fingerprint density at radius 2 is 1.73 bits per heavy atom. The van der Waals surface area contributed by atoms with Gasteiger partial charge in [-0.05, 0) is 36.4 Å². The third-order valence-electron chi connectivity index (χ3n) is 3.29. The minimum absolute atomic E-state index is 0.105. The Morgan fingerprint density at radius 1 is 1.05 bits per heavy atom.